The summed E-state index contributed by atoms with van der Waals surface area (Å²) in [6.07, 6.45) is 5.05. The second-order valence-corrected chi connectivity index (χ2v) is 5.51. The average molecular weight is 251 g/mol. The summed E-state index contributed by atoms with van der Waals surface area (Å²) in [7, 11) is 0. The van der Waals surface area contributed by atoms with E-state index in [0.29, 0.717) is 11.0 Å². The van der Waals surface area contributed by atoms with Crippen molar-refractivity contribution in [1.29, 1.82) is 0 Å². The van der Waals surface area contributed by atoms with Crippen LogP contribution in [0.3, 0.4) is 0 Å². The van der Waals surface area contributed by atoms with Gasteiger partial charge in [0, 0.05) is 18.2 Å². The SMILES string of the molecule is CCC1(CNC(C)c2cc(F)ccc2O)CCC1. The average Bonchev–Trinajstić information content (AvgIpc) is 2.31. The molecule has 1 aliphatic carbocycles. The summed E-state index contributed by atoms with van der Waals surface area (Å²) >= 11 is 0. The Bertz CT molecular complexity index is 409. The molecule has 3 heteroatoms. The molecule has 2 rings (SSSR count). The van der Waals surface area contributed by atoms with Gasteiger partial charge in [-0.25, -0.2) is 4.39 Å². The summed E-state index contributed by atoms with van der Waals surface area (Å²) in [6.45, 7) is 5.14. The number of phenols is 1. The van der Waals surface area contributed by atoms with Crippen LogP contribution in [-0.2, 0) is 0 Å². The molecule has 1 aromatic carbocycles. The van der Waals surface area contributed by atoms with E-state index < -0.39 is 0 Å². The Morgan fingerprint density at radius 2 is 2.17 bits per heavy atom. The number of rotatable bonds is 5. The fourth-order valence-corrected chi connectivity index (χ4v) is 2.68. The molecule has 1 saturated carbocycles. The van der Waals surface area contributed by atoms with Crippen LogP contribution in [0.2, 0.25) is 0 Å². The maximum absolute atomic E-state index is 13.2. The van der Waals surface area contributed by atoms with E-state index in [4.69, 9.17) is 0 Å². The van der Waals surface area contributed by atoms with Gasteiger partial charge in [0.1, 0.15) is 11.6 Å². The van der Waals surface area contributed by atoms with E-state index in [-0.39, 0.29) is 17.6 Å². The van der Waals surface area contributed by atoms with Crippen LogP contribution in [0.15, 0.2) is 18.2 Å². The van der Waals surface area contributed by atoms with E-state index in [9.17, 15) is 9.50 Å². The van der Waals surface area contributed by atoms with E-state index in [1.165, 1.54) is 43.9 Å². The summed E-state index contributed by atoms with van der Waals surface area (Å²) in [5.74, 6) is -0.138. The molecule has 0 aliphatic heterocycles. The highest BCUT2D eigenvalue weighted by atomic mass is 19.1. The first-order chi connectivity index (χ1) is 8.56. The fraction of sp³-hybridized carbons (Fsp3) is 0.600. The molecule has 1 unspecified atom stereocenters. The molecule has 0 aromatic heterocycles. The van der Waals surface area contributed by atoms with Crippen molar-refractivity contribution < 1.29 is 9.50 Å². The minimum Gasteiger partial charge on any atom is -0.508 e. The Labute approximate surface area is 108 Å². The van der Waals surface area contributed by atoms with Crippen LogP contribution < -0.4 is 5.32 Å². The molecule has 1 aromatic rings. The summed E-state index contributed by atoms with van der Waals surface area (Å²) in [4.78, 5) is 0. The van der Waals surface area contributed by atoms with Crippen LogP contribution in [0, 0.1) is 11.2 Å². The molecule has 0 amide bonds. The zero-order valence-electron chi connectivity index (χ0n) is 11.2. The molecule has 1 fully saturated rings. The first-order valence-electron chi connectivity index (χ1n) is 6.78. The molecule has 1 atom stereocenters. The smallest absolute Gasteiger partial charge is 0.123 e. The molecule has 2 N–H and O–H groups in total. The molecule has 1 aliphatic rings. The maximum Gasteiger partial charge on any atom is 0.123 e. The third-order valence-electron chi connectivity index (χ3n) is 4.40. The predicted octanol–water partition coefficient (Wildman–Crippen LogP) is 3.76. The van der Waals surface area contributed by atoms with Crippen molar-refractivity contribution in [2.24, 2.45) is 5.41 Å². The third kappa shape index (κ3) is 2.66. The van der Waals surface area contributed by atoms with Crippen molar-refractivity contribution in [1.82, 2.24) is 5.32 Å². The van der Waals surface area contributed by atoms with Gasteiger partial charge >= 0.3 is 0 Å². The van der Waals surface area contributed by atoms with Crippen LogP contribution in [0.25, 0.3) is 0 Å². The Balaban J connectivity index is 1.99. The lowest BCUT2D eigenvalue weighted by molar-refractivity contribution is 0.120. The van der Waals surface area contributed by atoms with Gasteiger partial charge in [-0.2, -0.15) is 0 Å². The molecule has 2 nitrogen and oxygen atoms in total. The molecule has 0 radical (unpaired) electrons. The van der Waals surface area contributed by atoms with Crippen LogP contribution in [-0.4, -0.2) is 11.7 Å². The highest BCUT2D eigenvalue weighted by Gasteiger charge is 2.35. The predicted molar refractivity (Wildman–Crippen MR) is 71.1 cm³/mol. The van der Waals surface area contributed by atoms with Crippen LogP contribution >= 0.6 is 0 Å². The molecule has 0 heterocycles. The minimum atomic E-state index is -0.301. The van der Waals surface area contributed by atoms with Crippen molar-refractivity contribution in [2.75, 3.05) is 6.54 Å². The topological polar surface area (TPSA) is 32.3 Å². The van der Waals surface area contributed by atoms with Crippen molar-refractivity contribution in [3.63, 3.8) is 0 Å². The van der Waals surface area contributed by atoms with Crippen LogP contribution in [0.4, 0.5) is 4.39 Å². The van der Waals surface area contributed by atoms with E-state index >= 15 is 0 Å². The first kappa shape index (κ1) is 13.3. The highest BCUT2D eigenvalue weighted by Crippen LogP contribution is 2.43. The first-order valence-corrected chi connectivity index (χ1v) is 6.78. The van der Waals surface area contributed by atoms with E-state index in [2.05, 4.69) is 12.2 Å². The molecule has 100 valence electrons. The van der Waals surface area contributed by atoms with Crippen molar-refractivity contribution >= 4 is 0 Å². The van der Waals surface area contributed by atoms with E-state index in [1.54, 1.807) is 0 Å². The number of phenolic OH excluding ortho intramolecular Hbond substituents is 1. The molecule has 0 bridgehead atoms. The summed E-state index contributed by atoms with van der Waals surface area (Å²) in [5.41, 5.74) is 1.07. The Morgan fingerprint density at radius 1 is 1.44 bits per heavy atom. The summed E-state index contributed by atoms with van der Waals surface area (Å²) in [6, 6.07) is 4.09. The van der Waals surface area contributed by atoms with Crippen LogP contribution in [0.5, 0.6) is 5.75 Å². The number of hydrogen-bond donors (Lipinski definition) is 2. The molecule has 0 spiro atoms. The Kier molecular flexibility index (Phi) is 3.91. The molecular formula is C15H22FNO. The van der Waals surface area contributed by atoms with Crippen LogP contribution in [0.1, 0.15) is 51.1 Å². The number of aromatic hydroxyl groups is 1. The van der Waals surface area contributed by atoms with Crippen molar-refractivity contribution in [3.05, 3.63) is 29.6 Å². The Hall–Kier alpha value is -1.09. The van der Waals surface area contributed by atoms with Crippen molar-refractivity contribution in [3.8, 4) is 5.75 Å². The normalized spacial score (nSPS) is 19.3. The summed E-state index contributed by atoms with van der Waals surface area (Å²) < 4.78 is 13.2. The maximum atomic E-state index is 13.2. The number of nitrogens with one attached hydrogen (secondary N) is 1. The standard InChI is InChI=1S/C15H22FNO/c1-3-15(7-4-8-15)10-17-11(2)13-9-12(16)5-6-14(13)18/h5-6,9,11,17-18H,3-4,7-8,10H2,1-2H3. The fourth-order valence-electron chi connectivity index (χ4n) is 2.68. The van der Waals surface area contributed by atoms with Gasteiger partial charge in [0.2, 0.25) is 0 Å². The molecule has 18 heavy (non-hydrogen) atoms. The third-order valence-corrected chi connectivity index (χ3v) is 4.40. The van der Waals surface area contributed by atoms with Crippen molar-refractivity contribution in [2.45, 2.75) is 45.6 Å². The monoisotopic (exact) mass is 251 g/mol. The van der Waals surface area contributed by atoms with E-state index in [0.717, 1.165) is 6.54 Å². The van der Waals surface area contributed by atoms with Gasteiger partial charge in [-0.15, -0.1) is 0 Å². The summed E-state index contributed by atoms with van der Waals surface area (Å²) in [5, 5.41) is 13.2. The van der Waals surface area contributed by atoms with Gasteiger partial charge in [-0.05, 0) is 49.8 Å². The largest absolute Gasteiger partial charge is 0.508 e. The minimum absolute atomic E-state index is 0.0234. The quantitative estimate of drug-likeness (QED) is 0.835. The molecule has 0 saturated heterocycles. The van der Waals surface area contributed by atoms with Gasteiger partial charge in [0.25, 0.3) is 0 Å². The zero-order valence-corrected chi connectivity index (χ0v) is 11.2. The number of halogens is 1. The van der Waals surface area contributed by atoms with Gasteiger partial charge in [0.05, 0.1) is 0 Å². The lowest BCUT2D eigenvalue weighted by Crippen LogP contribution is -2.40. The van der Waals surface area contributed by atoms with Gasteiger partial charge in [-0.1, -0.05) is 13.3 Å². The van der Waals surface area contributed by atoms with Gasteiger partial charge in [0.15, 0.2) is 0 Å². The van der Waals surface area contributed by atoms with Gasteiger partial charge < -0.3 is 10.4 Å². The molecular weight excluding hydrogens is 229 g/mol. The van der Waals surface area contributed by atoms with E-state index in [1.807, 2.05) is 6.92 Å². The lowest BCUT2D eigenvalue weighted by atomic mass is 9.67. The Morgan fingerprint density at radius 3 is 2.72 bits per heavy atom. The second kappa shape index (κ2) is 5.27. The highest BCUT2D eigenvalue weighted by molar-refractivity contribution is 5.34. The number of benzene rings is 1. The van der Waals surface area contributed by atoms with Gasteiger partial charge in [-0.3, -0.25) is 0 Å². The zero-order chi connectivity index (χ0) is 13.2. The lowest BCUT2D eigenvalue weighted by Gasteiger charge is -2.42. The number of hydrogen-bond acceptors (Lipinski definition) is 2. The second-order valence-electron chi connectivity index (χ2n) is 5.51.